The molecule has 0 spiro atoms. The zero-order valence-electron chi connectivity index (χ0n) is 5.45. The maximum atomic E-state index is 12.2. The van der Waals surface area contributed by atoms with Crippen LogP contribution in [-0.2, 0) is 0 Å². The third kappa shape index (κ3) is 3.98. The van der Waals surface area contributed by atoms with E-state index < -0.39 is 0 Å². The van der Waals surface area contributed by atoms with Gasteiger partial charge in [-0.25, -0.2) is 15.2 Å². The van der Waals surface area contributed by atoms with E-state index in [1.165, 1.54) is 18.3 Å². The Morgan fingerprint density at radius 2 is 2.09 bits per heavy atom. The highest BCUT2D eigenvalue weighted by Gasteiger charge is 1.90. The highest BCUT2D eigenvalue weighted by molar-refractivity contribution is 5.85. The largest absolute Gasteiger partial charge is 0.308 e. The monoisotopic (exact) mass is 199 g/mol. The zero-order valence-corrected chi connectivity index (χ0v) is 7.08. The van der Waals surface area contributed by atoms with Crippen LogP contribution >= 0.6 is 24.8 Å². The summed E-state index contributed by atoms with van der Waals surface area (Å²) in [6.45, 7) is 0. The van der Waals surface area contributed by atoms with Gasteiger partial charge in [-0.1, -0.05) is 0 Å². The van der Waals surface area contributed by atoms with Gasteiger partial charge in [0.15, 0.2) is 0 Å². The van der Waals surface area contributed by atoms with Crippen molar-refractivity contribution >= 4 is 30.6 Å². The maximum absolute atomic E-state index is 12.2. The van der Waals surface area contributed by atoms with Crippen molar-refractivity contribution in [3.8, 4) is 0 Å². The number of anilines is 1. The topological polar surface area (TPSA) is 50.9 Å². The number of hydrazine groups is 1. The highest BCUT2D eigenvalue weighted by Crippen LogP contribution is 2.01. The summed E-state index contributed by atoms with van der Waals surface area (Å²) in [4.78, 5) is 3.68. The second kappa shape index (κ2) is 6.15. The molecule has 3 nitrogen and oxygen atoms in total. The lowest BCUT2D eigenvalue weighted by Gasteiger charge is -1.94. The van der Waals surface area contributed by atoms with Gasteiger partial charge in [-0.15, -0.1) is 24.8 Å². The number of nitrogens with one attached hydrogen (secondary N) is 1. The third-order valence-electron chi connectivity index (χ3n) is 0.870. The molecule has 0 saturated carbocycles. The summed E-state index contributed by atoms with van der Waals surface area (Å²) in [5.41, 5.74) is 2.22. The van der Waals surface area contributed by atoms with Gasteiger partial charge in [0.1, 0.15) is 11.6 Å². The van der Waals surface area contributed by atoms with Crippen LogP contribution in [0.25, 0.3) is 0 Å². The Morgan fingerprint density at radius 1 is 1.45 bits per heavy atom. The molecule has 6 heteroatoms. The number of nitrogen functional groups attached to an aromatic ring is 1. The number of hydrogen-bond acceptors (Lipinski definition) is 3. The van der Waals surface area contributed by atoms with Crippen LogP contribution in [0, 0.1) is 5.82 Å². The van der Waals surface area contributed by atoms with Crippen LogP contribution in [0.4, 0.5) is 10.2 Å². The molecule has 0 atom stereocenters. The lowest BCUT2D eigenvalue weighted by Crippen LogP contribution is -2.08. The van der Waals surface area contributed by atoms with Crippen molar-refractivity contribution in [1.29, 1.82) is 0 Å². The van der Waals surface area contributed by atoms with Gasteiger partial charge >= 0.3 is 0 Å². The summed E-state index contributed by atoms with van der Waals surface area (Å²) in [7, 11) is 0. The van der Waals surface area contributed by atoms with Gasteiger partial charge in [0.25, 0.3) is 0 Å². The molecule has 1 aromatic heterocycles. The third-order valence-corrected chi connectivity index (χ3v) is 0.870. The fraction of sp³-hybridized carbons (Fsp3) is 0. The lowest BCUT2D eigenvalue weighted by molar-refractivity contribution is 0.626. The van der Waals surface area contributed by atoms with Gasteiger partial charge in [0.2, 0.25) is 0 Å². The van der Waals surface area contributed by atoms with Crippen LogP contribution in [0.1, 0.15) is 0 Å². The fourth-order valence-electron chi connectivity index (χ4n) is 0.484. The van der Waals surface area contributed by atoms with Gasteiger partial charge in [-0.05, 0) is 6.07 Å². The summed E-state index contributed by atoms with van der Waals surface area (Å²) >= 11 is 0. The van der Waals surface area contributed by atoms with Crippen LogP contribution in [-0.4, -0.2) is 4.98 Å². The quantitative estimate of drug-likeness (QED) is 0.531. The molecule has 0 amide bonds. The molecule has 0 bridgehead atoms. The Labute approximate surface area is 76.0 Å². The van der Waals surface area contributed by atoms with Crippen LogP contribution < -0.4 is 11.3 Å². The van der Waals surface area contributed by atoms with E-state index in [0.717, 1.165) is 0 Å². The summed E-state index contributed by atoms with van der Waals surface area (Å²) in [6.07, 6.45) is 1.34. The van der Waals surface area contributed by atoms with E-state index in [9.17, 15) is 4.39 Å². The molecule has 1 rings (SSSR count). The molecule has 0 fully saturated rings. The minimum absolute atomic E-state index is 0. The molecule has 0 aliphatic carbocycles. The minimum atomic E-state index is -0.349. The molecule has 1 aromatic rings. The Kier molecular flexibility index (Phi) is 7.29. The molecule has 0 aromatic carbocycles. The number of aromatic nitrogens is 1. The standard InChI is InChI=1S/C5H6FN3.2ClH/c6-4-1-2-8-5(3-4)9-7;;/h1-3H,7H2,(H,8,9);2*1H. The van der Waals surface area contributed by atoms with Crippen molar-refractivity contribution in [2.45, 2.75) is 0 Å². The molecule has 0 aliphatic rings. The van der Waals surface area contributed by atoms with Crippen LogP contribution in [0.2, 0.25) is 0 Å². The van der Waals surface area contributed by atoms with Gasteiger partial charge in [-0.3, -0.25) is 0 Å². The molecule has 0 radical (unpaired) electrons. The number of halogens is 3. The van der Waals surface area contributed by atoms with E-state index in [1.807, 2.05) is 0 Å². The van der Waals surface area contributed by atoms with Crippen molar-refractivity contribution in [2.75, 3.05) is 5.43 Å². The van der Waals surface area contributed by atoms with Crippen molar-refractivity contribution in [1.82, 2.24) is 4.98 Å². The predicted octanol–water partition coefficient (Wildman–Crippen LogP) is 1.35. The predicted molar refractivity (Wildman–Crippen MR) is 46.5 cm³/mol. The highest BCUT2D eigenvalue weighted by atomic mass is 35.5. The second-order valence-electron chi connectivity index (χ2n) is 1.50. The van der Waals surface area contributed by atoms with E-state index in [2.05, 4.69) is 10.4 Å². The molecule has 0 saturated heterocycles. The SMILES string of the molecule is Cl.Cl.NNc1cc(F)ccn1. The summed E-state index contributed by atoms with van der Waals surface area (Å²) < 4.78 is 12.2. The van der Waals surface area contributed by atoms with E-state index in [0.29, 0.717) is 5.82 Å². The molecule has 11 heavy (non-hydrogen) atoms. The first-order valence-corrected chi connectivity index (χ1v) is 2.41. The minimum Gasteiger partial charge on any atom is -0.308 e. The molecule has 64 valence electrons. The van der Waals surface area contributed by atoms with Crippen molar-refractivity contribution in [3.63, 3.8) is 0 Å². The summed E-state index contributed by atoms with van der Waals surface area (Å²) in [5.74, 6) is 4.92. The number of hydrogen-bond donors (Lipinski definition) is 2. The molecule has 0 unspecified atom stereocenters. The first-order chi connectivity index (χ1) is 4.33. The van der Waals surface area contributed by atoms with Crippen LogP contribution in [0.3, 0.4) is 0 Å². The number of pyridine rings is 1. The second-order valence-corrected chi connectivity index (χ2v) is 1.50. The van der Waals surface area contributed by atoms with Gasteiger partial charge in [0.05, 0.1) is 0 Å². The van der Waals surface area contributed by atoms with E-state index in [-0.39, 0.29) is 30.6 Å². The average molecular weight is 200 g/mol. The molecule has 3 N–H and O–H groups in total. The van der Waals surface area contributed by atoms with Gasteiger partial charge in [0, 0.05) is 12.3 Å². The number of nitrogens with zero attached hydrogens (tertiary/aromatic N) is 1. The zero-order chi connectivity index (χ0) is 6.69. The number of nitrogens with two attached hydrogens (primary N) is 1. The van der Waals surface area contributed by atoms with Crippen molar-refractivity contribution < 1.29 is 4.39 Å². The number of rotatable bonds is 1. The Morgan fingerprint density at radius 3 is 2.45 bits per heavy atom. The normalized spacial score (nSPS) is 7.45. The van der Waals surface area contributed by atoms with Gasteiger partial charge in [-0.2, -0.15) is 0 Å². The van der Waals surface area contributed by atoms with E-state index >= 15 is 0 Å². The van der Waals surface area contributed by atoms with Gasteiger partial charge < -0.3 is 5.43 Å². The van der Waals surface area contributed by atoms with Crippen molar-refractivity contribution in [2.24, 2.45) is 5.84 Å². The lowest BCUT2D eigenvalue weighted by atomic mass is 10.4. The Bertz CT molecular complexity index is 209. The fourth-order valence-corrected chi connectivity index (χ4v) is 0.484. The van der Waals surface area contributed by atoms with Crippen LogP contribution in [0.5, 0.6) is 0 Å². The van der Waals surface area contributed by atoms with E-state index in [4.69, 9.17) is 5.84 Å². The van der Waals surface area contributed by atoms with Crippen molar-refractivity contribution in [3.05, 3.63) is 24.1 Å². The van der Waals surface area contributed by atoms with E-state index in [1.54, 1.807) is 0 Å². The first-order valence-electron chi connectivity index (χ1n) is 2.41. The maximum Gasteiger partial charge on any atom is 0.142 e. The smallest absolute Gasteiger partial charge is 0.142 e. The summed E-state index contributed by atoms with van der Waals surface area (Å²) in [5, 5.41) is 0. The first kappa shape index (κ1) is 13.0. The molecular formula is C5H8Cl2FN3. The summed E-state index contributed by atoms with van der Waals surface area (Å²) in [6, 6.07) is 2.46. The molecule has 1 heterocycles. The molecular weight excluding hydrogens is 192 g/mol. The Balaban J connectivity index is 0. The Hall–Kier alpha value is -0.580. The van der Waals surface area contributed by atoms with Crippen LogP contribution in [0.15, 0.2) is 18.3 Å². The average Bonchev–Trinajstić information content (AvgIpc) is 1.88. The molecule has 0 aliphatic heterocycles.